The van der Waals surface area contributed by atoms with Gasteiger partial charge < -0.3 is 36.6 Å². The van der Waals surface area contributed by atoms with E-state index in [9.17, 15) is 34.4 Å². The lowest BCUT2D eigenvalue weighted by atomic mass is 10.1. The van der Waals surface area contributed by atoms with E-state index in [2.05, 4.69) is 15.0 Å². The maximum absolute atomic E-state index is 13.3. The maximum atomic E-state index is 13.3. The second kappa shape index (κ2) is 13.6. The summed E-state index contributed by atoms with van der Waals surface area (Å²) in [4.78, 5) is 23.6. The summed E-state index contributed by atoms with van der Waals surface area (Å²) in [6.07, 6.45) is -2.59. The molecule has 0 radical (unpaired) electrons. The van der Waals surface area contributed by atoms with Crippen molar-refractivity contribution in [3.8, 4) is 0 Å². The Balaban J connectivity index is 1.21. The van der Waals surface area contributed by atoms with E-state index in [0.29, 0.717) is 0 Å². The van der Waals surface area contributed by atoms with Crippen LogP contribution >= 0.6 is 15.6 Å². The highest BCUT2D eigenvalue weighted by atomic mass is 31.3. The van der Waals surface area contributed by atoms with E-state index in [-0.39, 0.29) is 29.0 Å². The largest absolute Gasteiger partial charge is 0.483 e. The van der Waals surface area contributed by atoms with Crippen molar-refractivity contribution >= 4 is 38.5 Å². The van der Waals surface area contributed by atoms with Crippen LogP contribution in [-0.4, -0.2) is 104 Å². The molecule has 10 atom stereocenters. The molecule has 1 aliphatic heterocycles. The number of phosphoric ester groups is 2. The summed E-state index contributed by atoms with van der Waals surface area (Å²) in [5.74, 6) is -1.39. The second-order valence-electron chi connectivity index (χ2n) is 10.5. The molecule has 20 nitrogen and oxygen atoms in total. The Bertz CT molecular complexity index is 1660. The van der Waals surface area contributed by atoms with E-state index in [1.54, 1.807) is 12.3 Å². The van der Waals surface area contributed by atoms with E-state index in [0.717, 1.165) is 14.2 Å². The maximum Gasteiger partial charge on any atom is 0.483 e. The van der Waals surface area contributed by atoms with E-state index >= 15 is 0 Å². The van der Waals surface area contributed by atoms with Crippen molar-refractivity contribution in [1.29, 1.82) is 0 Å². The molecule has 22 heteroatoms. The highest BCUT2D eigenvalue weighted by molar-refractivity contribution is 7.62. The number of aliphatic hydroxyl groups is 4. The fourth-order valence-corrected chi connectivity index (χ4v) is 8.06. The second-order valence-corrected chi connectivity index (χ2v) is 14.2. The van der Waals surface area contributed by atoms with Crippen molar-refractivity contribution in [2.45, 2.75) is 49.2 Å². The third kappa shape index (κ3) is 6.84. The summed E-state index contributed by atoms with van der Waals surface area (Å²) in [6.45, 7) is -1.16. The Morgan fingerprint density at radius 2 is 1.74 bits per heavy atom. The molecule has 5 rings (SSSR count). The monoisotopic (exact) mass is 690 g/mol. The van der Waals surface area contributed by atoms with Crippen molar-refractivity contribution in [1.82, 2.24) is 19.5 Å². The van der Waals surface area contributed by atoms with Crippen LogP contribution in [0.1, 0.15) is 29.0 Å². The molecule has 0 aromatic carbocycles. The zero-order valence-electron chi connectivity index (χ0n) is 24.5. The predicted molar refractivity (Wildman–Crippen MR) is 152 cm³/mol. The number of nitrogen functional groups attached to an aromatic ring is 1. The number of anilines is 1. The average molecular weight is 691 g/mol. The van der Waals surface area contributed by atoms with Gasteiger partial charge in [-0.05, 0) is 6.07 Å². The molecule has 1 amide bonds. The standard InChI is InChI=1S/C24H33N7O13P2/c1-39-45(37,41-8-13-6-14(18(33)17(13)32)30-5-3-4-12(7-30)22(26)36)44-46(38,40-2)42-9-15-19(34)20(35)24(43-15)31-11-29-16-21(25)27-10-28-23(16)31/h3-5,7,10-11,13-15,17-20,24,32-35H,6,8-9H2,1-2H3,(H3-,25,26,27,28,36)/p+1. The van der Waals surface area contributed by atoms with Gasteiger partial charge in [-0.3, -0.25) is 27.5 Å². The van der Waals surface area contributed by atoms with Crippen LogP contribution in [0.2, 0.25) is 0 Å². The number of carbonyl (C=O) groups excluding carboxylic acids is 1. The number of pyridine rings is 1. The molecule has 10 unspecified atom stereocenters. The number of imidazole rings is 1. The first-order valence-corrected chi connectivity index (χ1v) is 16.6. The van der Waals surface area contributed by atoms with Gasteiger partial charge in [0.25, 0.3) is 5.91 Å². The lowest BCUT2D eigenvalue weighted by Crippen LogP contribution is -2.45. The average Bonchev–Trinajstić information content (AvgIpc) is 3.69. The third-order valence-corrected chi connectivity index (χ3v) is 11.2. The van der Waals surface area contributed by atoms with Crippen LogP contribution in [-0.2, 0) is 36.3 Å². The van der Waals surface area contributed by atoms with E-state index in [1.165, 1.54) is 34.1 Å². The Morgan fingerprint density at radius 3 is 2.41 bits per heavy atom. The van der Waals surface area contributed by atoms with Gasteiger partial charge in [-0.15, -0.1) is 0 Å². The van der Waals surface area contributed by atoms with Gasteiger partial charge in [-0.25, -0.2) is 24.1 Å². The number of ether oxygens (including phenoxy) is 1. The van der Waals surface area contributed by atoms with E-state index < -0.39 is 83.5 Å². The number of phosphoric acid groups is 2. The van der Waals surface area contributed by atoms with Crippen LogP contribution in [0.25, 0.3) is 11.2 Å². The number of nitrogens with zero attached hydrogens (tertiary/aromatic N) is 5. The van der Waals surface area contributed by atoms with E-state index in [1.807, 2.05) is 0 Å². The summed E-state index contributed by atoms with van der Waals surface area (Å²) in [5.41, 5.74) is 11.8. The molecule has 3 aromatic rings. The Kier molecular flexibility index (Phi) is 10.2. The first-order valence-electron chi connectivity index (χ1n) is 13.7. The summed E-state index contributed by atoms with van der Waals surface area (Å²) in [6, 6.07) is 2.36. The number of hydrogen-bond acceptors (Lipinski definition) is 17. The van der Waals surface area contributed by atoms with Crippen LogP contribution in [0.3, 0.4) is 0 Å². The number of amides is 1. The number of nitrogens with two attached hydrogens (primary N) is 2. The van der Waals surface area contributed by atoms with Crippen molar-refractivity contribution in [3.63, 3.8) is 0 Å². The molecule has 1 saturated heterocycles. The minimum Gasteiger partial charge on any atom is -0.390 e. The minimum atomic E-state index is -4.73. The van der Waals surface area contributed by atoms with Crippen molar-refractivity contribution in [2.75, 3.05) is 33.2 Å². The van der Waals surface area contributed by atoms with Gasteiger partial charge in [-0.1, -0.05) is 0 Å². The first kappa shape index (κ1) is 34.4. The van der Waals surface area contributed by atoms with Crippen LogP contribution in [0.4, 0.5) is 5.82 Å². The molecule has 1 saturated carbocycles. The number of primary amides is 1. The first-order chi connectivity index (χ1) is 21.8. The van der Waals surface area contributed by atoms with Crippen LogP contribution < -0.4 is 16.0 Å². The third-order valence-electron chi connectivity index (χ3n) is 7.75. The summed E-state index contributed by atoms with van der Waals surface area (Å²) in [5, 5.41) is 42.6. The topological polar surface area (TPSA) is 287 Å². The highest BCUT2D eigenvalue weighted by Gasteiger charge is 2.50. The molecule has 8 N–H and O–H groups in total. The SMILES string of the molecule is COP(=O)(OCC1CC([n+]2cccc(C(N)=O)c2)C(O)C1O)OP(=O)(OC)OCC1OC(n2cnc3c(N)ncnc32)C(O)C1O. The summed E-state index contributed by atoms with van der Waals surface area (Å²) < 4.78 is 60.5. The Morgan fingerprint density at radius 1 is 1.04 bits per heavy atom. The zero-order chi connectivity index (χ0) is 33.4. The van der Waals surface area contributed by atoms with Gasteiger partial charge >= 0.3 is 15.6 Å². The van der Waals surface area contributed by atoms with Crippen LogP contribution in [0.15, 0.2) is 37.2 Å². The van der Waals surface area contributed by atoms with Gasteiger partial charge in [0.2, 0.25) is 0 Å². The molecule has 46 heavy (non-hydrogen) atoms. The Hall–Kier alpha value is -2.97. The normalized spacial score (nSPS) is 30.7. The van der Waals surface area contributed by atoms with Gasteiger partial charge in [-0.2, -0.15) is 8.88 Å². The zero-order valence-corrected chi connectivity index (χ0v) is 26.2. The summed E-state index contributed by atoms with van der Waals surface area (Å²) in [7, 11) is -7.53. The van der Waals surface area contributed by atoms with Crippen LogP contribution in [0, 0.1) is 5.92 Å². The van der Waals surface area contributed by atoms with Gasteiger partial charge in [0.05, 0.1) is 25.6 Å². The van der Waals surface area contributed by atoms with Gasteiger partial charge in [0.15, 0.2) is 36.1 Å². The molecule has 2 fully saturated rings. The van der Waals surface area contributed by atoms with Gasteiger partial charge in [0, 0.05) is 32.6 Å². The number of hydrogen-bond donors (Lipinski definition) is 6. The molecule has 2 aliphatic rings. The lowest BCUT2D eigenvalue weighted by molar-refractivity contribution is -0.728. The summed E-state index contributed by atoms with van der Waals surface area (Å²) >= 11 is 0. The fraction of sp³-hybridized carbons (Fsp3) is 0.542. The molecule has 0 spiro atoms. The highest BCUT2D eigenvalue weighted by Crippen LogP contribution is 2.65. The lowest BCUT2D eigenvalue weighted by Gasteiger charge is -2.24. The number of aliphatic hydroxyl groups excluding tert-OH is 4. The number of rotatable bonds is 13. The number of fused-ring (bicyclic) bond motifs is 1. The Labute approximate surface area is 261 Å². The van der Waals surface area contributed by atoms with Crippen molar-refractivity contribution in [2.24, 2.45) is 11.7 Å². The molecular formula is C24H34N7O13P2+. The van der Waals surface area contributed by atoms with E-state index in [4.69, 9.17) is 38.6 Å². The number of carbonyl (C=O) groups is 1. The number of aromatic nitrogens is 5. The minimum absolute atomic E-state index is 0.0898. The molecule has 1 aliphatic carbocycles. The van der Waals surface area contributed by atoms with Gasteiger partial charge in [0.1, 0.15) is 41.8 Å². The predicted octanol–water partition coefficient (Wildman–Crippen LogP) is -1.04. The van der Waals surface area contributed by atoms with Crippen molar-refractivity contribution in [3.05, 3.63) is 42.7 Å². The van der Waals surface area contributed by atoms with Crippen molar-refractivity contribution < 1.29 is 66.1 Å². The molecule has 0 bridgehead atoms. The molecule has 252 valence electrons. The smallest absolute Gasteiger partial charge is 0.390 e. The fourth-order valence-electron chi connectivity index (χ4n) is 5.25. The van der Waals surface area contributed by atoms with Crippen LogP contribution in [0.5, 0.6) is 0 Å². The molecule has 4 heterocycles. The molecular weight excluding hydrogens is 656 g/mol. The quantitative estimate of drug-likeness (QED) is 0.0922. The molecule has 3 aromatic heterocycles.